The summed E-state index contributed by atoms with van der Waals surface area (Å²) >= 11 is 0. The van der Waals surface area contributed by atoms with Gasteiger partial charge in [0.15, 0.2) is 0 Å². The van der Waals surface area contributed by atoms with Gasteiger partial charge in [-0.1, -0.05) is 13.8 Å². The van der Waals surface area contributed by atoms with E-state index in [1.165, 1.54) is 5.82 Å². The molecule has 2 heterocycles. The molecule has 0 amide bonds. The van der Waals surface area contributed by atoms with Crippen molar-refractivity contribution in [1.82, 2.24) is 19.8 Å². The predicted molar refractivity (Wildman–Crippen MR) is 65.2 cm³/mol. The molecular weight excluding hydrogens is 200 g/mol. The number of likely N-dealkylation sites (N-methyl/N-ethyl adjacent to an activating group) is 1. The molecule has 0 radical (unpaired) electrons. The van der Waals surface area contributed by atoms with Crippen LogP contribution in [-0.2, 0) is 13.1 Å². The molecule has 1 aromatic rings. The third-order valence-electron chi connectivity index (χ3n) is 3.45. The first kappa shape index (κ1) is 11.6. The van der Waals surface area contributed by atoms with Crippen LogP contribution in [0.15, 0.2) is 12.4 Å². The van der Waals surface area contributed by atoms with Gasteiger partial charge in [-0.05, 0) is 13.0 Å². The number of nitrogens with zero attached hydrogens (tertiary/aromatic N) is 3. The van der Waals surface area contributed by atoms with Crippen LogP contribution in [-0.4, -0.2) is 40.6 Å². The minimum Gasteiger partial charge on any atom is -0.333 e. The number of hydrogen-bond acceptors (Lipinski definition) is 3. The van der Waals surface area contributed by atoms with Crippen LogP contribution in [0.25, 0.3) is 0 Å². The Kier molecular flexibility index (Phi) is 3.61. The van der Waals surface area contributed by atoms with E-state index in [1.807, 2.05) is 6.20 Å². The molecule has 1 unspecified atom stereocenters. The maximum absolute atomic E-state index is 4.39. The standard InChI is InChI=1S/C12H22N4/c1-10(2)11(13-3)8-15-6-7-16-5-4-14-12(16)9-15/h4-5,10-11,13H,6-9H2,1-3H3. The molecule has 16 heavy (non-hydrogen) atoms. The van der Waals surface area contributed by atoms with Gasteiger partial charge in [0.25, 0.3) is 0 Å². The van der Waals surface area contributed by atoms with E-state index in [2.05, 4.69) is 46.9 Å². The number of hydrogen-bond donors (Lipinski definition) is 1. The first-order valence-corrected chi connectivity index (χ1v) is 6.10. The lowest BCUT2D eigenvalue weighted by molar-refractivity contribution is 0.181. The molecule has 2 rings (SSSR count). The zero-order valence-corrected chi connectivity index (χ0v) is 10.5. The Bertz CT molecular complexity index is 332. The highest BCUT2D eigenvalue weighted by molar-refractivity contribution is 4.96. The largest absolute Gasteiger partial charge is 0.333 e. The Balaban J connectivity index is 1.93. The summed E-state index contributed by atoms with van der Waals surface area (Å²) < 4.78 is 2.25. The fourth-order valence-electron chi connectivity index (χ4n) is 2.29. The molecule has 1 aromatic heterocycles. The van der Waals surface area contributed by atoms with Crippen molar-refractivity contribution in [3.05, 3.63) is 18.2 Å². The van der Waals surface area contributed by atoms with Gasteiger partial charge in [0, 0.05) is 38.1 Å². The molecule has 4 heteroatoms. The van der Waals surface area contributed by atoms with Crippen molar-refractivity contribution in [1.29, 1.82) is 0 Å². The molecular formula is C12H22N4. The zero-order valence-electron chi connectivity index (χ0n) is 10.5. The molecule has 0 spiro atoms. The molecule has 90 valence electrons. The van der Waals surface area contributed by atoms with Gasteiger partial charge in [0.1, 0.15) is 5.82 Å². The summed E-state index contributed by atoms with van der Waals surface area (Å²) in [5.41, 5.74) is 0. The van der Waals surface area contributed by atoms with Crippen molar-refractivity contribution in [2.24, 2.45) is 5.92 Å². The first-order valence-electron chi connectivity index (χ1n) is 6.10. The highest BCUT2D eigenvalue weighted by Gasteiger charge is 2.20. The summed E-state index contributed by atoms with van der Waals surface area (Å²) in [5, 5.41) is 3.40. The van der Waals surface area contributed by atoms with Crippen molar-refractivity contribution in [2.75, 3.05) is 20.1 Å². The second-order valence-corrected chi connectivity index (χ2v) is 4.91. The normalized spacial score (nSPS) is 18.8. The third kappa shape index (κ3) is 2.44. The van der Waals surface area contributed by atoms with Gasteiger partial charge < -0.3 is 9.88 Å². The van der Waals surface area contributed by atoms with E-state index >= 15 is 0 Å². The molecule has 1 aliphatic rings. The molecule has 1 atom stereocenters. The van der Waals surface area contributed by atoms with E-state index < -0.39 is 0 Å². The van der Waals surface area contributed by atoms with E-state index in [4.69, 9.17) is 0 Å². The van der Waals surface area contributed by atoms with Crippen LogP contribution >= 0.6 is 0 Å². The zero-order chi connectivity index (χ0) is 11.5. The molecule has 0 fully saturated rings. The first-order chi connectivity index (χ1) is 7.70. The molecule has 0 aromatic carbocycles. The van der Waals surface area contributed by atoms with E-state index in [9.17, 15) is 0 Å². The molecule has 4 nitrogen and oxygen atoms in total. The van der Waals surface area contributed by atoms with Crippen molar-refractivity contribution < 1.29 is 0 Å². The van der Waals surface area contributed by atoms with Crippen LogP contribution in [0, 0.1) is 5.92 Å². The summed E-state index contributed by atoms with van der Waals surface area (Å²) in [7, 11) is 2.05. The molecule has 0 saturated carbocycles. The highest BCUT2D eigenvalue weighted by atomic mass is 15.2. The highest BCUT2D eigenvalue weighted by Crippen LogP contribution is 2.12. The monoisotopic (exact) mass is 222 g/mol. The van der Waals surface area contributed by atoms with Gasteiger partial charge in [0.2, 0.25) is 0 Å². The fraction of sp³-hybridized carbons (Fsp3) is 0.750. The minimum atomic E-state index is 0.571. The lowest BCUT2D eigenvalue weighted by Gasteiger charge is -2.32. The minimum absolute atomic E-state index is 0.571. The van der Waals surface area contributed by atoms with Crippen LogP contribution in [0.2, 0.25) is 0 Å². The van der Waals surface area contributed by atoms with E-state index in [0.717, 1.165) is 26.2 Å². The molecule has 0 bridgehead atoms. The average molecular weight is 222 g/mol. The quantitative estimate of drug-likeness (QED) is 0.823. The summed E-state index contributed by atoms with van der Waals surface area (Å²) in [6, 6.07) is 0.571. The van der Waals surface area contributed by atoms with Crippen LogP contribution in [0.1, 0.15) is 19.7 Å². The molecule has 1 aliphatic heterocycles. The Morgan fingerprint density at radius 1 is 1.44 bits per heavy atom. The molecule has 0 saturated heterocycles. The van der Waals surface area contributed by atoms with Crippen molar-refractivity contribution in [3.63, 3.8) is 0 Å². The van der Waals surface area contributed by atoms with Gasteiger partial charge >= 0.3 is 0 Å². The van der Waals surface area contributed by atoms with E-state index in [-0.39, 0.29) is 0 Å². The second kappa shape index (κ2) is 4.97. The van der Waals surface area contributed by atoms with Gasteiger partial charge in [-0.25, -0.2) is 4.98 Å². The van der Waals surface area contributed by atoms with Crippen molar-refractivity contribution in [2.45, 2.75) is 33.0 Å². The SMILES string of the molecule is CNC(CN1CCn2ccnc2C1)C(C)C. The van der Waals surface area contributed by atoms with Gasteiger partial charge in [-0.3, -0.25) is 4.90 Å². The summed E-state index contributed by atoms with van der Waals surface area (Å²) in [6.45, 7) is 8.84. The number of aromatic nitrogens is 2. The Morgan fingerprint density at radius 2 is 2.25 bits per heavy atom. The van der Waals surface area contributed by atoms with Crippen LogP contribution in [0.4, 0.5) is 0 Å². The van der Waals surface area contributed by atoms with Crippen LogP contribution in [0.3, 0.4) is 0 Å². The Labute approximate surface area is 97.7 Å². The van der Waals surface area contributed by atoms with Gasteiger partial charge in [-0.2, -0.15) is 0 Å². The maximum atomic E-state index is 4.39. The summed E-state index contributed by atoms with van der Waals surface area (Å²) in [5.74, 6) is 1.87. The number of rotatable bonds is 4. The van der Waals surface area contributed by atoms with E-state index in [0.29, 0.717) is 12.0 Å². The van der Waals surface area contributed by atoms with Gasteiger partial charge in [-0.15, -0.1) is 0 Å². The van der Waals surface area contributed by atoms with Gasteiger partial charge in [0.05, 0.1) is 6.54 Å². The topological polar surface area (TPSA) is 33.1 Å². The molecule has 0 aliphatic carbocycles. The van der Waals surface area contributed by atoms with Crippen molar-refractivity contribution >= 4 is 0 Å². The average Bonchev–Trinajstić information content (AvgIpc) is 2.72. The predicted octanol–water partition coefficient (Wildman–Crippen LogP) is 0.943. The number of fused-ring (bicyclic) bond motifs is 1. The van der Waals surface area contributed by atoms with Crippen molar-refractivity contribution in [3.8, 4) is 0 Å². The molecule has 1 N–H and O–H groups in total. The maximum Gasteiger partial charge on any atom is 0.122 e. The second-order valence-electron chi connectivity index (χ2n) is 4.91. The Hall–Kier alpha value is -0.870. The lowest BCUT2D eigenvalue weighted by Crippen LogP contribution is -2.45. The number of imidazole rings is 1. The third-order valence-corrected chi connectivity index (χ3v) is 3.45. The summed E-state index contributed by atoms with van der Waals surface area (Å²) in [6.07, 6.45) is 3.97. The van der Waals surface area contributed by atoms with Crippen LogP contribution < -0.4 is 5.32 Å². The van der Waals surface area contributed by atoms with Crippen LogP contribution in [0.5, 0.6) is 0 Å². The fourth-order valence-corrected chi connectivity index (χ4v) is 2.29. The van der Waals surface area contributed by atoms with E-state index in [1.54, 1.807) is 0 Å². The lowest BCUT2D eigenvalue weighted by atomic mass is 10.0. The number of nitrogens with one attached hydrogen (secondary N) is 1. The summed E-state index contributed by atoms with van der Waals surface area (Å²) in [4.78, 5) is 6.88. The smallest absolute Gasteiger partial charge is 0.122 e. The Morgan fingerprint density at radius 3 is 2.94 bits per heavy atom.